The SMILES string of the molecule is O=C(Cc1ccc(Br)cc1)Nc1n[nH]c2c1CCC2. The fourth-order valence-corrected chi connectivity index (χ4v) is 2.65. The number of nitrogens with zero attached hydrogens (tertiary/aromatic N) is 1. The van der Waals surface area contributed by atoms with Crippen molar-refractivity contribution in [2.45, 2.75) is 25.7 Å². The average molecular weight is 320 g/mol. The lowest BCUT2D eigenvalue weighted by Crippen LogP contribution is -2.15. The van der Waals surface area contributed by atoms with Crippen molar-refractivity contribution < 1.29 is 4.79 Å². The van der Waals surface area contributed by atoms with Gasteiger partial charge in [0.1, 0.15) is 0 Å². The maximum absolute atomic E-state index is 12.0. The van der Waals surface area contributed by atoms with E-state index < -0.39 is 0 Å². The van der Waals surface area contributed by atoms with Crippen LogP contribution in [0.5, 0.6) is 0 Å². The first-order valence-corrected chi connectivity index (χ1v) is 7.12. The molecule has 1 aromatic heterocycles. The fourth-order valence-electron chi connectivity index (χ4n) is 2.39. The highest BCUT2D eigenvalue weighted by molar-refractivity contribution is 9.10. The normalized spacial score (nSPS) is 13.3. The molecule has 4 nitrogen and oxygen atoms in total. The van der Waals surface area contributed by atoms with Crippen molar-refractivity contribution in [3.8, 4) is 0 Å². The Kier molecular flexibility index (Phi) is 3.38. The Bertz CT molecular complexity index is 604. The van der Waals surface area contributed by atoms with Crippen molar-refractivity contribution in [3.05, 3.63) is 45.6 Å². The van der Waals surface area contributed by atoms with Crippen LogP contribution in [-0.4, -0.2) is 16.1 Å². The molecule has 0 unspecified atom stereocenters. The van der Waals surface area contributed by atoms with Crippen molar-refractivity contribution in [2.24, 2.45) is 0 Å². The summed E-state index contributed by atoms with van der Waals surface area (Å²) in [7, 11) is 0. The smallest absolute Gasteiger partial charge is 0.230 e. The molecule has 0 radical (unpaired) electrons. The number of nitrogens with one attached hydrogen (secondary N) is 2. The molecule has 19 heavy (non-hydrogen) atoms. The van der Waals surface area contributed by atoms with E-state index in [1.54, 1.807) is 0 Å². The Morgan fingerprint density at radius 3 is 2.89 bits per heavy atom. The van der Waals surface area contributed by atoms with Crippen LogP contribution in [-0.2, 0) is 24.1 Å². The van der Waals surface area contributed by atoms with Crippen LogP contribution in [0.3, 0.4) is 0 Å². The minimum absolute atomic E-state index is 0.0245. The zero-order valence-corrected chi connectivity index (χ0v) is 12.0. The molecule has 0 spiro atoms. The van der Waals surface area contributed by atoms with Crippen LogP contribution in [0, 0.1) is 0 Å². The quantitative estimate of drug-likeness (QED) is 0.914. The monoisotopic (exact) mass is 319 g/mol. The van der Waals surface area contributed by atoms with Crippen LogP contribution in [0.25, 0.3) is 0 Å². The average Bonchev–Trinajstić information content (AvgIpc) is 2.97. The molecule has 0 fully saturated rings. The number of aromatic nitrogens is 2. The van der Waals surface area contributed by atoms with E-state index >= 15 is 0 Å². The summed E-state index contributed by atoms with van der Waals surface area (Å²) in [6, 6.07) is 7.76. The van der Waals surface area contributed by atoms with Gasteiger partial charge in [0.25, 0.3) is 0 Å². The molecule has 1 aliphatic rings. The largest absolute Gasteiger partial charge is 0.309 e. The molecule has 0 atom stereocenters. The van der Waals surface area contributed by atoms with Gasteiger partial charge in [-0.2, -0.15) is 5.10 Å². The minimum Gasteiger partial charge on any atom is -0.309 e. The maximum Gasteiger partial charge on any atom is 0.230 e. The molecule has 0 saturated heterocycles. The summed E-state index contributed by atoms with van der Waals surface area (Å²) in [5.74, 6) is 0.679. The van der Waals surface area contributed by atoms with Gasteiger partial charge in [0.05, 0.1) is 6.42 Å². The zero-order valence-electron chi connectivity index (χ0n) is 10.4. The molecule has 1 heterocycles. The fraction of sp³-hybridized carbons (Fsp3) is 0.286. The number of hydrogen-bond acceptors (Lipinski definition) is 2. The Hall–Kier alpha value is -1.62. The van der Waals surface area contributed by atoms with E-state index in [4.69, 9.17) is 0 Å². The highest BCUT2D eigenvalue weighted by atomic mass is 79.9. The van der Waals surface area contributed by atoms with E-state index in [9.17, 15) is 4.79 Å². The van der Waals surface area contributed by atoms with Gasteiger partial charge in [0.2, 0.25) is 5.91 Å². The van der Waals surface area contributed by atoms with Crippen molar-refractivity contribution >= 4 is 27.7 Å². The van der Waals surface area contributed by atoms with E-state index in [2.05, 4.69) is 31.4 Å². The number of anilines is 1. The number of aryl methyl sites for hydroxylation is 1. The first kappa shape index (κ1) is 12.4. The lowest BCUT2D eigenvalue weighted by atomic mass is 10.1. The number of rotatable bonds is 3. The molecule has 98 valence electrons. The Morgan fingerprint density at radius 1 is 1.32 bits per heavy atom. The summed E-state index contributed by atoms with van der Waals surface area (Å²) in [4.78, 5) is 12.0. The lowest BCUT2D eigenvalue weighted by Gasteiger charge is -2.04. The first-order valence-electron chi connectivity index (χ1n) is 6.33. The highest BCUT2D eigenvalue weighted by Crippen LogP contribution is 2.26. The first-order chi connectivity index (χ1) is 9.22. The van der Waals surface area contributed by atoms with Crippen LogP contribution in [0.1, 0.15) is 23.2 Å². The second-order valence-electron chi connectivity index (χ2n) is 4.73. The van der Waals surface area contributed by atoms with Crippen LogP contribution < -0.4 is 5.32 Å². The van der Waals surface area contributed by atoms with Crippen LogP contribution in [0.15, 0.2) is 28.7 Å². The number of hydrogen-bond donors (Lipinski definition) is 2. The van der Waals surface area contributed by atoms with E-state index in [0.29, 0.717) is 12.2 Å². The molecule has 1 aliphatic carbocycles. The second-order valence-corrected chi connectivity index (χ2v) is 5.65. The summed E-state index contributed by atoms with van der Waals surface area (Å²) in [5, 5.41) is 10.1. The molecule has 0 saturated carbocycles. The third kappa shape index (κ3) is 2.71. The third-order valence-electron chi connectivity index (χ3n) is 3.34. The molecule has 2 N–H and O–H groups in total. The van der Waals surface area contributed by atoms with Gasteiger partial charge in [0.15, 0.2) is 5.82 Å². The Morgan fingerprint density at radius 2 is 2.11 bits per heavy atom. The molecule has 5 heteroatoms. The molecular weight excluding hydrogens is 306 g/mol. The maximum atomic E-state index is 12.0. The number of halogens is 1. The summed E-state index contributed by atoms with van der Waals surface area (Å²) in [6.45, 7) is 0. The summed E-state index contributed by atoms with van der Waals surface area (Å²) < 4.78 is 1.02. The van der Waals surface area contributed by atoms with Gasteiger partial charge in [-0.1, -0.05) is 28.1 Å². The van der Waals surface area contributed by atoms with E-state index in [1.807, 2.05) is 24.3 Å². The lowest BCUT2D eigenvalue weighted by molar-refractivity contribution is -0.115. The number of H-pyrrole nitrogens is 1. The predicted octanol–water partition coefficient (Wildman–Crippen LogP) is 2.84. The number of aromatic amines is 1. The van der Waals surface area contributed by atoms with E-state index in [-0.39, 0.29) is 5.91 Å². The highest BCUT2D eigenvalue weighted by Gasteiger charge is 2.19. The van der Waals surface area contributed by atoms with Gasteiger partial charge in [-0.3, -0.25) is 9.89 Å². The molecule has 0 bridgehead atoms. The predicted molar refractivity (Wildman–Crippen MR) is 77.1 cm³/mol. The second kappa shape index (κ2) is 5.17. The van der Waals surface area contributed by atoms with Gasteiger partial charge >= 0.3 is 0 Å². The summed E-state index contributed by atoms with van der Waals surface area (Å²) >= 11 is 3.38. The molecule has 0 aliphatic heterocycles. The van der Waals surface area contributed by atoms with Crippen LogP contribution in [0.2, 0.25) is 0 Å². The molecule has 2 aromatic rings. The minimum atomic E-state index is -0.0245. The van der Waals surface area contributed by atoms with Crippen molar-refractivity contribution in [1.82, 2.24) is 10.2 Å². The summed E-state index contributed by atoms with van der Waals surface area (Å²) in [5.41, 5.74) is 3.33. The molecule has 3 rings (SSSR count). The van der Waals surface area contributed by atoms with Crippen molar-refractivity contribution in [2.75, 3.05) is 5.32 Å². The van der Waals surface area contributed by atoms with Crippen LogP contribution in [0.4, 0.5) is 5.82 Å². The van der Waals surface area contributed by atoms with Gasteiger partial charge in [-0.05, 0) is 37.0 Å². The van der Waals surface area contributed by atoms with Crippen LogP contribution >= 0.6 is 15.9 Å². The number of carbonyl (C=O) groups excluding carboxylic acids is 1. The number of carbonyl (C=O) groups is 1. The standard InChI is InChI=1S/C14H14BrN3O/c15-10-6-4-9(5-7-10)8-13(19)16-14-11-2-1-3-12(11)17-18-14/h4-7H,1-3,8H2,(H2,16,17,18,19). The Balaban J connectivity index is 1.66. The molecular formula is C14H14BrN3O. The van der Waals surface area contributed by atoms with Gasteiger partial charge in [-0.15, -0.1) is 0 Å². The van der Waals surface area contributed by atoms with Crippen molar-refractivity contribution in [1.29, 1.82) is 0 Å². The number of benzene rings is 1. The molecule has 1 aromatic carbocycles. The van der Waals surface area contributed by atoms with E-state index in [1.165, 1.54) is 11.3 Å². The van der Waals surface area contributed by atoms with Gasteiger partial charge in [-0.25, -0.2) is 0 Å². The van der Waals surface area contributed by atoms with Gasteiger partial charge < -0.3 is 5.32 Å². The summed E-state index contributed by atoms with van der Waals surface area (Å²) in [6.07, 6.45) is 3.54. The molecule has 1 amide bonds. The topological polar surface area (TPSA) is 57.8 Å². The number of amides is 1. The van der Waals surface area contributed by atoms with E-state index in [0.717, 1.165) is 29.3 Å². The number of fused-ring (bicyclic) bond motifs is 1. The third-order valence-corrected chi connectivity index (χ3v) is 3.87. The van der Waals surface area contributed by atoms with Gasteiger partial charge in [0, 0.05) is 15.7 Å². The van der Waals surface area contributed by atoms with Crippen molar-refractivity contribution in [3.63, 3.8) is 0 Å². The Labute approximate surface area is 119 Å². The zero-order chi connectivity index (χ0) is 13.2.